The number of hydrogen-bond donors (Lipinski definition) is 2. The third kappa shape index (κ3) is 5.39. The van der Waals surface area contributed by atoms with E-state index in [4.69, 9.17) is 9.57 Å². The highest BCUT2D eigenvalue weighted by Crippen LogP contribution is 2.41. The van der Waals surface area contributed by atoms with Gasteiger partial charge in [0.25, 0.3) is 0 Å². The van der Waals surface area contributed by atoms with Gasteiger partial charge >= 0.3 is 5.97 Å². The molecule has 0 saturated heterocycles. The lowest BCUT2D eigenvalue weighted by atomic mass is 9.68. The van der Waals surface area contributed by atoms with E-state index in [2.05, 4.69) is 5.32 Å². The van der Waals surface area contributed by atoms with E-state index in [1.54, 1.807) is 31.4 Å². The van der Waals surface area contributed by atoms with Crippen LogP contribution in [0.25, 0.3) is 0 Å². The van der Waals surface area contributed by atoms with E-state index in [-0.39, 0.29) is 12.5 Å². The van der Waals surface area contributed by atoms with Crippen molar-refractivity contribution in [3.8, 4) is 5.75 Å². The number of aliphatic carboxylic acids is 1. The molecule has 34 heavy (non-hydrogen) atoms. The Morgan fingerprint density at radius 3 is 2.29 bits per heavy atom. The largest absolute Gasteiger partial charge is 0.497 e. The number of benzene rings is 2. The molecule has 1 saturated carbocycles. The summed E-state index contributed by atoms with van der Waals surface area (Å²) in [6.45, 7) is 1.36. The van der Waals surface area contributed by atoms with Gasteiger partial charge in [0.05, 0.1) is 7.11 Å². The number of hydroxylamine groups is 2. The minimum absolute atomic E-state index is 0.0240. The van der Waals surface area contributed by atoms with E-state index < -0.39 is 23.3 Å². The number of nitrogens with one attached hydrogen (secondary N) is 1. The SMILES string of the molecule is COc1ccc(N[C@H](C(=O)O)C(C(C)=O)(C2CCCCC2)N(C=O)OCc2ccccc2)cc1. The lowest BCUT2D eigenvalue weighted by Gasteiger charge is -2.48. The molecule has 0 aliphatic heterocycles. The molecule has 2 N–H and O–H groups in total. The summed E-state index contributed by atoms with van der Waals surface area (Å²) in [4.78, 5) is 44.4. The van der Waals surface area contributed by atoms with E-state index in [0.29, 0.717) is 30.7 Å². The summed E-state index contributed by atoms with van der Waals surface area (Å²) in [6.07, 6.45) is 4.37. The topological polar surface area (TPSA) is 105 Å². The Labute approximate surface area is 199 Å². The standard InChI is InChI=1S/C26H32N2O6/c1-19(30)26(21-11-7-4-8-12-21,28(18-29)34-17-20-9-5-3-6-10-20)24(25(31)32)27-22-13-15-23(33-2)16-14-22/h3,5-6,9-10,13-16,18,21,24,27H,4,7-8,11-12,17H2,1-2H3,(H,31,32)/t24-,26?/m1/s1. The Kier molecular flexibility index (Phi) is 8.65. The zero-order valence-corrected chi connectivity index (χ0v) is 19.6. The number of rotatable bonds is 12. The van der Waals surface area contributed by atoms with Crippen molar-refractivity contribution in [2.45, 2.75) is 57.2 Å². The number of carbonyl (C=O) groups is 3. The summed E-state index contributed by atoms with van der Waals surface area (Å²) < 4.78 is 5.18. The first-order valence-corrected chi connectivity index (χ1v) is 11.5. The molecule has 0 aromatic heterocycles. The molecule has 0 bridgehead atoms. The van der Waals surface area contributed by atoms with Crippen LogP contribution in [0.4, 0.5) is 5.69 Å². The molecule has 1 amide bonds. The van der Waals surface area contributed by atoms with Gasteiger partial charge in [0.1, 0.15) is 12.4 Å². The summed E-state index contributed by atoms with van der Waals surface area (Å²) >= 11 is 0. The smallest absolute Gasteiger partial charge is 0.329 e. The van der Waals surface area contributed by atoms with Crippen molar-refractivity contribution in [2.24, 2.45) is 5.92 Å². The van der Waals surface area contributed by atoms with Gasteiger partial charge in [0.2, 0.25) is 6.41 Å². The third-order valence-electron chi connectivity index (χ3n) is 6.55. The van der Waals surface area contributed by atoms with Crippen molar-refractivity contribution in [2.75, 3.05) is 12.4 Å². The monoisotopic (exact) mass is 468 g/mol. The van der Waals surface area contributed by atoms with Gasteiger partial charge in [-0.2, -0.15) is 0 Å². The van der Waals surface area contributed by atoms with Gasteiger partial charge in [0, 0.05) is 5.69 Å². The second kappa shape index (κ2) is 11.7. The molecule has 0 heterocycles. The minimum Gasteiger partial charge on any atom is -0.497 e. The fourth-order valence-corrected chi connectivity index (χ4v) is 4.89. The first-order chi connectivity index (χ1) is 16.4. The van der Waals surface area contributed by atoms with Crippen molar-refractivity contribution in [3.05, 3.63) is 60.2 Å². The molecule has 0 radical (unpaired) electrons. The van der Waals surface area contributed by atoms with E-state index >= 15 is 0 Å². The summed E-state index contributed by atoms with van der Waals surface area (Å²) in [6, 6.07) is 14.5. The number of methoxy groups -OCH3 is 1. The van der Waals surface area contributed by atoms with Crippen LogP contribution in [0.5, 0.6) is 5.75 Å². The molecule has 0 spiro atoms. The Morgan fingerprint density at radius 2 is 1.76 bits per heavy atom. The lowest BCUT2D eigenvalue weighted by Crippen LogP contribution is -2.69. The van der Waals surface area contributed by atoms with Crippen LogP contribution in [0.3, 0.4) is 0 Å². The van der Waals surface area contributed by atoms with E-state index in [0.717, 1.165) is 29.9 Å². The van der Waals surface area contributed by atoms with Crippen LogP contribution < -0.4 is 10.1 Å². The fraction of sp³-hybridized carbons (Fsp3) is 0.423. The number of ketones is 1. The first-order valence-electron chi connectivity index (χ1n) is 11.5. The van der Waals surface area contributed by atoms with Crippen LogP contribution in [0, 0.1) is 5.92 Å². The highest BCUT2D eigenvalue weighted by molar-refractivity contribution is 5.96. The van der Waals surface area contributed by atoms with E-state index in [1.165, 1.54) is 6.92 Å². The van der Waals surface area contributed by atoms with Crippen LogP contribution in [0.1, 0.15) is 44.6 Å². The van der Waals surface area contributed by atoms with Crippen molar-refractivity contribution in [3.63, 3.8) is 0 Å². The molecule has 1 unspecified atom stereocenters. The molecule has 182 valence electrons. The molecule has 2 aromatic rings. The summed E-state index contributed by atoms with van der Waals surface area (Å²) in [7, 11) is 1.54. The van der Waals surface area contributed by atoms with Crippen LogP contribution in [0.2, 0.25) is 0 Å². The number of carbonyl (C=O) groups excluding carboxylic acids is 2. The predicted molar refractivity (Wildman–Crippen MR) is 127 cm³/mol. The number of hydrogen-bond acceptors (Lipinski definition) is 6. The number of anilines is 1. The normalized spacial score (nSPS) is 16.6. The molecule has 1 aliphatic rings. The molecule has 3 rings (SSSR count). The molecular weight excluding hydrogens is 436 g/mol. The number of amides is 1. The average molecular weight is 469 g/mol. The Morgan fingerprint density at radius 1 is 1.12 bits per heavy atom. The number of ether oxygens (including phenoxy) is 1. The van der Waals surface area contributed by atoms with Crippen molar-refractivity contribution in [1.29, 1.82) is 0 Å². The van der Waals surface area contributed by atoms with Gasteiger partial charge in [-0.05, 0) is 55.5 Å². The van der Waals surface area contributed by atoms with E-state index in [1.807, 2.05) is 30.3 Å². The maximum absolute atomic E-state index is 13.4. The number of carboxylic acids is 1. The van der Waals surface area contributed by atoms with E-state index in [9.17, 15) is 19.5 Å². The number of Topliss-reactive ketones (excluding diaryl/α,β-unsaturated/α-hetero) is 1. The van der Waals surface area contributed by atoms with Crippen LogP contribution in [-0.2, 0) is 25.8 Å². The van der Waals surface area contributed by atoms with Crippen molar-refractivity contribution >= 4 is 23.9 Å². The quantitative estimate of drug-likeness (QED) is 0.357. The summed E-state index contributed by atoms with van der Waals surface area (Å²) in [5.74, 6) is -1.45. The molecular formula is C26H32N2O6. The molecule has 2 aromatic carbocycles. The molecule has 2 atom stereocenters. The first kappa shape index (κ1) is 25.2. The van der Waals surface area contributed by atoms with Gasteiger partial charge in [0.15, 0.2) is 17.4 Å². The third-order valence-corrected chi connectivity index (χ3v) is 6.55. The van der Waals surface area contributed by atoms with Gasteiger partial charge in [-0.1, -0.05) is 49.6 Å². The molecule has 8 nitrogen and oxygen atoms in total. The molecule has 1 fully saturated rings. The summed E-state index contributed by atoms with van der Waals surface area (Å²) in [5.41, 5.74) is -0.447. The van der Waals surface area contributed by atoms with Crippen molar-refractivity contribution < 1.29 is 29.1 Å². The lowest BCUT2D eigenvalue weighted by molar-refractivity contribution is -0.231. The highest BCUT2D eigenvalue weighted by atomic mass is 16.7. The Bertz CT molecular complexity index is 959. The molecule has 8 heteroatoms. The Balaban J connectivity index is 2.04. The maximum Gasteiger partial charge on any atom is 0.329 e. The zero-order valence-electron chi connectivity index (χ0n) is 19.6. The number of carboxylic acid groups (broad SMARTS) is 1. The van der Waals surface area contributed by atoms with Gasteiger partial charge < -0.3 is 15.2 Å². The van der Waals surface area contributed by atoms with Crippen LogP contribution in [0.15, 0.2) is 54.6 Å². The maximum atomic E-state index is 13.4. The zero-order chi connectivity index (χ0) is 24.6. The van der Waals surface area contributed by atoms with Gasteiger partial charge in [-0.25, -0.2) is 9.86 Å². The van der Waals surface area contributed by atoms with Crippen molar-refractivity contribution in [1.82, 2.24) is 5.06 Å². The minimum atomic E-state index is -1.73. The predicted octanol–water partition coefficient (Wildman–Crippen LogP) is 4.06. The Hall–Kier alpha value is -3.39. The molecule has 1 aliphatic carbocycles. The van der Waals surface area contributed by atoms with Crippen LogP contribution in [-0.4, -0.2) is 47.0 Å². The second-order valence-electron chi connectivity index (χ2n) is 8.55. The highest BCUT2D eigenvalue weighted by Gasteiger charge is 2.58. The fourth-order valence-electron chi connectivity index (χ4n) is 4.89. The van der Waals surface area contributed by atoms with Crippen LogP contribution >= 0.6 is 0 Å². The van der Waals surface area contributed by atoms with Gasteiger partial charge in [-0.15, -0.1) is 0 Å². The average Bonchev–Trinajstić information content (AvgIpc) is 2.86. The van der Waals surface area contributed by atoms with Gasteiger partial charge in [-0.3, -0.25) is 14.4 Å². The second-order valence-corrected chi connectivity index (χ2v) is 8.55. The summed E-state index contributed by atoms with van der Waals surface area (Å²) in [5, 5.41) is 14.3. The number of nitrogens with zero attached hydrogens (tertiary/aromatic N) is 1.